The molecule has 2 amide bonds. The highest BCUT2D eigenvalue weighted by atomic mass is 32.2. The highest BCUT2D eigenvalue weighted by Gasteiger charge is 2.26. The van der Waals surface area contributed by atoms with E-state index >= 15 is 0 Å². The molecule has 2 aromatic carbocycles. The van der Waals surface area contributed by atoms with E-state index in [-0.39, 0.29) is 34.3 Å². The fraction of sp³-hybridized carbons (Fsp3) is 0.360. The molecule has 3 aromatic rings. The quantitative estimate of drug-likeness (QED) is 0.455. The van der Waals surface area contributed by atoms with Crippen molar-refractivity contribution in [3.05, 3.63) is 52.8 Å². The number of hydrogen-bond acceptors (Lipinski definition) is 7. The van der Waals surface area contributed by atoms with E-state index in [1.54, 1.807) is 29.7 Å². The minimum absolute atomic E-state index is 0.135. The number of nitrogens with one attached hydrogen (secondary N) is 1. The van der Waals surface area contributed by atoms with E-state index in [1.807, 2.05) is 0 Å². The lowest BCUT2D eigenvalue weighted by molar-refractivity contribution is -0.143. The highest BCUT2D eigenvalue weighted by molar-refractivity contribution is 7.89. The van der Waals surface area contributed by atoms with Gasteiger partial charge in [-0.25, -0.2) is 8.42 Å². The number of nitrogens with zero attached hydrogens (tertiary/aromatic N) is 3. The molecule has 0 spiro atoms. The highest BCUT2D eigenvalue weighted by Crippen LogP contribution is 2.23. The van der Waals surface area contributed by atoms with Crippen LogP contribution in [0.4, 0.5) is 5.69 Å². The minimum atomic E-state index is -3.61. The number of thiazole rings is 1. The normalized spacial score (nSPS) is 15.0. The van der Waals surface area contributed by atoms with Gasteiger partial charge in [-0.3, -0.25) is 14.4 Å². The largest absolute Gasteiger partial charge is 0.465 e. The Morgan fingerprint density at radius 2 is 1.76 bits per heavy atom. The van der Waals surface area contributed by atoms with Crippen LogP contribution in [-0.4, -0.2) is 54.8 Å². The van der Waals surface area contributed by atoms with Crippen LogP contribution in [0.5, 0.6) is 0 Å². The van der Waals surface area contributed by atoms with E-state index in [2.05, 4.69) is 10.3 Å². The Morgan fingerprint density at radius 3 is 2.41 bits per heavy atom. The molecule has 1 saturated heterocycles. The Balaban J connectivity index is 1.67. The van der Waals surface area contributed by atoms with Crippen LogP contribution in [0.2, 0.25) is 0 Å². The van der Waals surface area contributed by atoms with E-state index < -0.39 is 21.9 Å². The van der Waals surface area contributed by atoms with Crippen molar-refractivity contribution < 1.29 is 27.5 Å². The zero-order valence-electron chi connectivity index (χ0n) is 20.6. The van der Waals surface area contributed by atoms with Gasteiger partial charge in [0.05, 0.1) is 21.7 Å². The molecule has 1 aliphatic rings. The number of sulfonamides is 1. The second-order valence-electron chi connectivity index (χ2n) is 8.55. The van der Waals surface area contributed by atoms with Crippen molar-refractivity contribution in [2.24, 2.45) is 4.99 Å². The SMILES string of the molecule is CCOC(=O)Cn1c(=NC(=O)c2ccc(S(=O)(=O)N3CCCCC3)cc2)sc2cc(NC(C)=O)ccc21. The molecule has 0 bridgehead atoms. The smallest absolute Gasteiger partial charge is 0.326 e. The first-order valence-corrected chi connectivity index (χ1v) is 14.2. The number of carbonyl (C=O) groups is 3. The van der Waals surface area contributed by atoms with E-state index in [0.717, 1.165) is 19.3 Å². The summed E-state index contributed by atoms with van der Waals surface area (Å²) >= 11 is 1.19. The third-order valence-electron chi connectivity index (χ3n) is 5.85. The number of carbonyl (C=O) groups excluding carboxylic acids is 3. The Bertz CT molecular complexity index is 1500. The third-order valence-corrected chi connectivity index (χ3v) is 8.80. The molecule has 4 rings (SSSR count). The average molecular weight is 545 g/mol. The molecular weight excluding hydrogens is 516 g/mol. The van der Waals surface area contributed by atoms with Gasteiger partial charge in [0.25, 0.3) is 5.91 Å². The van der Waals surface area contributed by atoms with E-state index in [4.69, 9.17) is 4.74 Å². The molecule has 1 fully saturated rings. The Labute approximate surface area is 218 Å². The van der Waals surface area contributed by atoms with Crippen molar-refractivity contribution >= 4 is 55.0 Å². The molecule has 0 unspecified atom stereocenters. The van der Waals surface area contributed by atoms with Gasteiger partial charge in [-0.15, -0.1) is 0 Å². The van der Waals surface area contributed by atoms with Crippen LogP contribution in [0.25, 0.3) is 10.2 Å². The summed E-state index contributed by atoms with van der Waals surface area (Å²) in [5.74, 6) is -1.27. The molecule has 37 heavy (non-hydrogen) atoms. The molecule has 1 aliphatic heterocycles. The van der Waals surface area contributed by atoms with Gasteiger partial charge in [-0.1, -0.05) is 17.8 Å². The fourth-order valence-electron chi connectivity index (χ4n) is 4.10. The predicted octanol–water partition coefficient (Wildman–Crippen LogP) is 3.14. The number of hydrogen-bond donors (Lipinski definition) is 1. The topological polar surface area (TPSA) is 127 Å². The lowest BCUT2D eigenvalue weighted by Crippen LogP contribution is -2.35. The summed E-state index contributed by atoms with van der Waals surface area (Å²) in [5.41, 5.74) is 1.45. The standard InChI is InChI=1S/C25H28N4O6S2/c1-3-35-23(31)16-29-21-12-9-19(26-17(2)30)15-22(21)36-25(29)27-24(32)18-7-10-20(11-8-18)37(33,34)28-13-5-4-6-14-28/h7-12,15H,3-6,13-14,16H2,1-2H3,(H,26,30). The molecule has 10 nitrogen and oxygen atoms in total. The summed E-state index contributed by atoms with van der Waals surface area (Å²) in [6.07, 6.45) is 2.69. The number of ether oxygens (including phenoxy) is 1. The molecule has 0 atom stereocenters. The molecule has 196 valence electrons. The molecule has 1 aromatic heterocycles. The van der Waals surface area contributed by atoms with Crippen LogP contribution in [0.15, 0.2) is 52.4 Å². The number of fused-ring (bicyclic) bond motifs is 1. The van der Waals surface area contributed by atoms with Crippen molar-refractivity contribution in [1.29, 1.82) is 0 Å². The number of piperidine rings is 1. The number of esters is 1. The lowest BCUT2D eigenvalue weighted by Gasteiger charge is -2.25. The van der Waals surface area contributed by atoms with Gasteiger partial charge >= 0.3 is 5.97 Å². The molecule has 0 radical (unpaired) electrons. The Kier molecular flexibility index (Phi) is 8.20. The van der Waals surface area contributed by atoms with Gasteiger partial charge in [0.2, 0.25) is 15.9 Å². The van der Waals surface area contributed by atoms with Gasteiger partial charge in [-0.05, 0) is 62.2 Å². The number of anilines is 1. The number of amides is 2. The van der Waals surface area contributed by atoms with Gasteiger partial charge in [0, 0.05) is 31.3 Å². The van der Waals surface area contributed by atoms with Crippen LogP contribution >= 0.6 is 11.3 Å². The molecule has 0 aliphatic carbocycles. The lowest BCUT2D eigenvalue weighted by atomic mass is 10.2. The maximum atomic E-state index is 13.0. The molecule has 2 heterocycles. The first kappa shape index (κ1) is 26.7. The van der Waals surface area contributed by atoms with Crippen molar-refractivity contribution in [1.82, 2.24) is 8.87 Å². The summed E-state index contributed by atoms with van der Waals surface area (Å²) in [4.78, 5) is 41.4. The zero-order valence-corrected chi connectivity index (χ0v) is 22.2. The van der Waals surface area contributed by atoms with Gasteiger partial charge in [0.1, 0.15) is 6.54 Å². The van der Waals surface area contributed by atoms with Crippen LogP contribution < -0.4 is 10.1 Å². The van der Waals surface area contributed by atoms with Crippen molar-refractivity contribution in [3.8, 4) is 0 Å². The van der Waals surface area contributed by atoms with Gasteiger partial charge in [-0.2, -0.15) is 9.30 Å². The zero-order chi connectivity index (χ0) is 26.6. The maximum absolute atomic E-state index is 13.0. The summed E-state index contributed by atoms with van der Waals surface area (Å²) in [5, 5.41) is 2.71. The predicted molar refractivity (Wildman–Crippen MR) is 140 cm³/mol. The average Bonchev–Trinajstić information content (AvgIpc) is 3.20. The first-order chi connectivity index (χ1) is 17.7. The summed E-state index contributed by atoms with van der Waals surface area (Å²) in [7, 11) is -3.61. The van der Waals surface area contributed by atoms with Crippen LogP contribution in [-0.2, 0) is 30.9 Å². The third kappa shape index (κ3) is 6.14. The van der Waals surface area contributed by atoms with Crippen LogP contribution in [0.1, 0.15) is 43.5 Å². The first-order valence-electron chi connectivity index (χ1n) is 11.9. The van der Waals surface area contributed by atoms with Crippen molar-refractivity contribution in [3.63, 3.8) is 0 Å². The van der Waals surface area contributed by atoms with E-state index in [0.29, 0.717) is 29.0 Å². The number of rotatable bonds is 7. The summed E-state index contributed by atoms with van der Waals surface area (Å²) < 4.78 is 34.7. The Hall–Kier alpha value is -3.35. The molecule has 12 heteroatoms. The Morgan fingerprint density at radius 1 is 1.05 bits per heavy atom. The van der Waals surface area contributed by atoms with Gasteiger partial charge < -0.3 is 14.6 Å². The minimum Gasteiger partial charge on any atom is -0.465 e. The maximum Gasteiger partial charge on any atom is 0.326 e. The van der Waals surface area contributed by atoms with E-state index in [1.165, 1.54) is 46.8 Å². The summed E-state index contributed by atoms with van der Waals surface area (Å²) in [6.45, 7) is 4.17. The number of benzene rings is 2. The van der Waals surface area contributed by atoms with Crippen LogP contribution in [0, 0.1) is 0 Å². The fourth-order valence-corrected chi connectivity index (χ4v) is 6.69. The van der Waals surface area contributed by atoms with E-state index in [9.17, 15) is 22.8 Å². The second-order valence-corrected chi connectivity index (χ2v) is 11.5. The van der Waals surface area contributed by atoms with Crippen molar-refractivity contribution in [2.75, 3.05) is 25.0 Å². The molecule has 1 N–H and O–H groups in total. The summed E-state index contributed by atoms with van der Waals surface area (Å²) in [6, 6.07) is 10.9. The monoisotopic (exact) mass is 544 g/mol. The van der Waals surface area contributed by atoms with Crippen LogP contribution in [0.3, 0.4) is 0 Å². The van der Waals surface area contributed by atoms with Crippen molar-refractivity contribution in [2.45, 2.75) is 44.6 Å². The molecule has 0 saturated carbocycles. The van der Waals surface area contributed by atoms with Gasteiger partial charge in [0.15, 0.2) is 4.80 Å². The second kappa shape index (κ2) is 11.4. The molecular formula is C25H28N4O6S2. The number of aromatic nitrogens is 1.